The molecule has 0 spiro atoms. The SMILES string of the molecule is COCCNCC(CCOC(C)C)c1ccccc1Cl. The van der Waals surface area contributed by atoms with Crippen molar-refractivity contribution in [3.8, 4) is 0 Å². The van der Waals surface area contributed by atoms with Gasteiger partial charge < -0.3 is 14.8 Å². The Hall–Kier alpha value is -0.610. The van der Waals surface area contributed by atoms with Gasteiger partial charge in [0.2, 0.25) is 0 Å². The average Bonchev–Trinajstić information content (AvgIpc) is 2.42. The largest absolute Gasteiger partial charge is 0.383 e. The lowest BCUT2D eigenvalue weighted by atomic mass is 9.96. The summed E-state index contributed by atoms with van der Waals surface area (Å²) in [6.45, 7) is 7.32. The Balaban J connectivity index is 2.56. The van der Waals surface area contributed by atoms with Gasteiger partial charge in [0.05, 0.1) is 12.7 Å². The first-order chi connectivity index (χ1) is 9.65. The monoisotopic (exact) mass is 299 g/mol. The molecule has 0 radical (unpaired) electrons. The summed E-state index contributed by atoms with van der Waals surface area (Å²) < 4.78 is 10.7. The van der Waals surface area contributed by atoms with Crippen LogP contribution in [0.15, 0.2) is 24.3 Å². The van der Waals surface area contributed by atoms with Crippen molar-refractivity contribution < 1.29 is 9.47 Å². The van der Waals surface area contributed by atoms with Gasteiger partial charge in [0, 0.05) is 31.8 Å². The molecule has 1 N–H and O–H groups in total. The van der Waals surface area contributed by atoms with Crippen LogP contribution >= 0.6 is 11.6 Å². The number of halogens is 1. The van der Waals surface area contributed by atoms with Crippen molar-refractivity contribution in [3.63, 3.8) is 0 Å². The highest BCUT2D eigenvalue weighted by Crippen LogP contribution is 2.26. The minimum atomic E-state index is 0.267. The number of hydrogen-bond acceptors (Lipinski definition) is 3. The van der Waals surface area contributed by atoms with Gasteiger partial charge >= 0.3 is 0 Å². The van der Waals surface area contributed by atoms with Crippen LogP contribution in [0.1, 0.15) is 31.7 Å². The first kappa shape index (κ1) is 17.4. The van der Waals surface area contributed by atoms with Gasteiger partial charge in [-0.3, -0.25) is 0 Å². The summed E-state index contributed by atoms with van der Waals surface area (Å²) in [7, 11) is 1.71. The summed E-state index contributed by atoms with van der Waals surface area (Å²) in [6.07, 6.45) is 1.23. The number of ether oxygens (including phenoxy) is 2. The summed E-state index contributed by atoms with van der Waals surface area (Å²) in [5, 5.41) is 4.24. The molecule has 0 saturated heterocycles. The first-order valence-electron chi connectivity index (χ1n) is 7.20. The highest BCUT2D eigenvalue weighted by Gasteiger charge is 2.14. The smallest absolute Gasteiger partial charge is 0.0587 e. The van der Waals surface area contributed by atoms with Gasteiger partial charge in [0.15, 0.2) is 0 Å². The van der Waals surface area contributed by atoms with E-state index in [4.69, 9.17) is 21.1 Å². The molecule has 1 aromatic rings. The lowest BCUT2D eigenvalue weighted by Crippen LogP contribution is -2.26. The average molecular weight is 300 g/mol. The Morgan fingerprint density at radius 3 is 2.60 bits per heavy atom. The molecular weight excluding hydrogens is 274 g/mol. The van der Waals surface area contributed by atoms with Crippen LogP contribution in [0.2, 0.25) is 5.02 Å². The van der Waals surface area contributed by atoms with Crippen molar-refractivity contribution in [2.75, 3.05) is 33.4 Å². The topological polar surface area (TPSA) is 30.5 Å². The van der Waals surface area contributed by atoms with Crippen molar-refractivity contribution >= 4 is 11.6 Å². The molecule has 1 rings (SSSR count). The van der Waals surface area contributed by atoms with Gasteiger partial charge in [-0.15, -0.1) is 0 Å². The maximum absolute atomic E-state index is 6.31. The second-order valence-electron chi connectivity index (χ2n) is 5.12. The lowest BCUT2D eigenvalue weighted by Gasteiger charge is -2.20. The van der Waals surface area contributed by atoms with Crippen LogP contribution < -0.4 is 5.32 Å². The normalized spacial score (nSPS) is 12.8. The fourth-order valence-electron chi connectivity index (χ4n) is 2.07. The van der Waals surface area contributed by atoms with Crippen LogP contribution in [-0.4, -0.2) is 39.5 Å². The maximum Gasteiger partial charge on any atom is 0.0587 e. The molecule has 0 aliphatic heterocycles. The molecule has 0 aliphatic rings. The van der Waals surface area contributed by atoms with E-state index in [-0.39, 0.29) is 6.10 Å². The second-order valence-corrected chi connectivity index (χ2v) is 5.53. The van der Waals surface area contributed by atoms with E-state index >= 15 is 0 Å². The summed E-state index contributed by atoms with van der Waals surface area (Å²) in [6, 6.07) is 8.04. The van der Waals surface area contributed by atoms with Gasteiger partial charge in [-0.1, -0.05) is 29.8 Å². The van der Waals surface area contributed by atoms with Crippen molar-refractivity contribution in [1.29, 1.82) is 0 Å². The standard InChI is InChI=1S/C16H26ClNO2/c1-13(2)20-10-8-14(12-18-9-11-19-3)15-6-4-5-7-16(15)17/h4-7,13-14,18H,8-12H2,1-3H3. The van der Waals surface area contributed by atoms with Crippen LogP contribution in [0.5, 0.6) is 0 Å². The Labute approximate surface area is 127 Å². The van der Waals surface area contributed by atoms with E-state index in [9.17, 15) is 0 Å². The first-order valence-corrected chi connectivity index (χ1v) is 7.58. The van der Waals surface area contributed by atoms with Crippen LogP contribution in [-0.2, 0) is 9.47 Å². The fourth-order valence-corrected chi connectivity index (χ4v) is 2.36. The molecule has 1 unspecified atom stereocenters. The highest BCUT2D eigenvalue weighted by molar-refractivity contribution is 6.31. The highest BCUT2D eigenvalue weighted by atomic mass is 35.5. The molecule has 0 heterocycles. The molecule has 0 aromatic heterocycles. The molecule has 20 heavy (non-hydrogen) atoms. The van der Waals surface area contributed by atoms with Gasteiger partial charge in [0.25, 0.3) is 0 Å². The quantitative estimate of drug-likeness (QED) is 0.671. The molecule has 1 aromatic carbocycles. The molecular formula is C16H26ClNO2. The minimum absolute atomic E-state index is 0.267. The van der Waals surface area contributed by atoms with Gasteiger partial charge in [0.1, 0.15) is 0 Å². The molecule has 0 fully saturated rings. The predicted molar refractivity (Wildman–Crippen MR) is 84.6 cm³/mol. The third-order valence-electron chi connectivity index (χ3n) is 3.14. The summed E-state index contributed by atoms with van der Waals surface area (Å²) in [5.41, 5.74) is 1.19. The zero-order valence-corrected chi connectivity index (χ0v) is 13.5. The number of nitrogens with one attached hydrogen (secondary N) is 1. The third kappa shape index (κ3) is 6.71. The van der Waals surface area contributed by atoms with Crippen LogP contribution in [0.4, 0.5) is 0 Å². The number of methoxy groups -OCH3 is 1. The predicted octanol–water partition coefficient (Wildman–Crippen LogP) is 3.47. The Kier molecular flexibility index (Phi) is 8.86. The molecule has 0 aliphatic carbocycles. The molecule has 3 nitrogen and oxygen atoms in total. The van der Waals surface area contributed by atoms with Gasteiger partial charge in [-0.2, -0.15) is 0 Å². The van der Waals surface area contributed by atoms with E-state index in [1.165, 1.54) is 5.56 Å². The van der Waals surface area contributed by atoms with E-state index in [0.29, 0.717) is 5.92 Å². The van der Waals surface area contributed by atoms with E-state index < -0.39 is 0 Å². The second kappa shape index (κ2) is 10.2. The number of rotatable bonds is 10. The fraction of sp³-hybridized carbons (Fsp3) is 0.625. The van der Waals surface area contributed by atoms with Gasteiger partial charge in [-0.05, 0) is 37.8 Å². The Bertz CT molecular complexity index is 371. The van der Waals surface area contributed by atoms with Crippen LogP contribution in [0.25, 0.3) is 0 Å². The van der Waals surface area contributed by atoms with Crippen molar-refractivity contribution in [3.05, 3.63) is 34.9 Å². The molecule has 0 bridgehead atoms. The number of hydrogen-bond donors (Lipinski definition) is 1. The van der Waals surface area contributed by atoms with Crippen molar-refractivity contribution in [2.24, 2.45) is 0 Å². The Morgan fingerprint density at radius 1 is 1.20 bits per heavy atom. The molecule has 1 atom stereocenters. The maximum atomic E-state index is 6.31. The van der Waals surface area contributed by atoms with Crippen LogP contribution in [0, 0.1) is 0 Å². The zero-order valence-electron chi connectivity index (χ0n) is 12.7. The van der Waals surface area contributed by atoms with E-state index in [0.717, 1.165) is 37.7 Å². The van der Waals surface area contributed by atoms with Gasteiger partial charge in [-0.25, -0.2) is 0 Å². The summed E-state index contributed by atoms with van der Waals surface area (Å²) in [5.74, 6) is 0.360. The van der Waals surface area contributed by atoms with E-state index in [2.05, 4.69) is 25.2 Å². The van der Waals surface area contributed by atoms with Crippen molar-refractivity contribution in [1.82, 2.24) is 5.32 Å². The molecule has 0 amide bonds. The minimum Gasteiger partial charge on any atom is -0.383 e. The molecule has 114 valence electrons. The van der Waals surface area contributed by atoms with E-state index in [1.54, 1.807) is 7.11 Å². The molecule has 0 saturated carbocycles. The Morgan fingerprint density at radius 2 is 1.95 bits per heavy atom. The third-order valence-corrected chi connectivity index (χ3v) is 3.48. The lowest BCUT2D eigenvalue weighted by molar-refractivity contribution is 0.0732. The van der Waals surface area contributed by atoms with E-state index in [1.807, 2.05) is 18.2 Å². The summed E-state index contributed by atoms with van der Waals surface area (Å²) >= 11 is 6.31. The number of benzene rings is 1. The van der Waals surface area contributed by atoms with Crippen LogP contribution in [0.3, 0.4) is 0 Å². The molecule has 4 heteroatoms. The van der Waals surface area contributed by atoms with Crippen molar-refractivity contribution in [2.45, 2.75) is 32.3 Å². The zero-order chi connectivity index (χ0) is 14.8. The summed E-state index contributed by atoms with van der Waals surface area (Å²) in [4.78, 5) is 0.